The molecule has 1 aromatic heterocycles. The summed E-state index contributed by atoms with van der Waals surface area (Å²) in [5, 5.41) is 7.99. The van der Waals surface area contributed by atoms with E-state index >= 15 is 0 Å². The number of nitrogens with two attached hydrogens (primary N) is 1. The molecular weight excluding hydrogens is 252 g/mol. The molecule has 0 amide bonds. The number of anilines is 2. The van der Waals surface area contributed by atoms with Crippen molar-refractivity contribution in [1.29, 1.82) is 0 Å². The van der Waals surface area contributed by atoms with Crippen LogP contribution in [0.4, 0.5) is 11.6 Å². The van der Waals surface area contributed by atoms with E-state index in [0.717, 1.165) is 18.0 Å². The summed E-state index contributed by atoms with van der Waals surface area (Å²) >= 11 is 0. The molecule has 5 nitrogen and oxygen atoms in total. The lowest BCUT2D eigenvalue weighted by Gasteiger charge is -2.26. The summed E-state index contributed by atoms with van der Waals surface area (Å²) in [6.07, 6.45) is 0.868. The van der Waals surface area contributed by atoms with E-state index in [4.69, 9.17) is 10.5 Å². The monoisotopic (exact) mass is 272 g/mol. The van der Waals surface area contributed by atoms with Gasteiger partial charge in [-0.3, -0.25) is 0 Å². The Labute approximate surface area is 119 Å². The standard InChI is InChI=1S/C15H20N4O/c1-11(10-12-6-4-5-7-13(12)20-3)19(2)15-9-8-14(16)17-18-15/h4-9,11H,10H2,1-3H3,(H2,16,17). The number of ether oxygens (including phenoxy) is 1. The van der Waals surface area contributed by atoms with Crippen molar-refractivity contribution in [2.75, 3.05) is 24.8 Å². The SMILES string of the molecule is COc1ccccc1CC(C)N(C)c1ccc(N)nn1. The maximum Gasteiger partial charge on any atom is 0.151 e. The van der Waals surface area contributed by atoms with Gasteiger partial charge in [-0.1, -0.05) is 18.2 Å². The van der Waals surface area contributed by atoms with Crippen molar-refractivity contribution < 1.29 is 4.74 Å². The summed E-state index contributed by atoms with van der Waals surface area (Å²) < 4.78 is 5.38. The third kappa shape index (κ3) is 3.17. The van der Waals surface area contributed by atoms with Gasteiger partial charge in [0.05, 0.1) is 7.11 Å². The molecule has 0 aliphatic rings. The third-order valence-corrected chi connectivity index (χ3v) is 3.40. The Morgan fingerprint density at radius 1 is 1.20 bits per heavy atom. The van der Waals surface area contributed by atoms with Crippen LogP contribution >= 0.6 is 0 Å². The number of aromatic nitrogens is 2. The normalized spacial score (nSPS) is 11.9. The maximum absolute atomic E-state index is 5.56. The van der Waals surface area contributed by atoms with Crippen LogP contribution in [-0.4, -0.2) is 30.4 Å². The van der Waals surface area contributed by atoms with E-state index in [9.17, 15) is 0 Å². The topological polar surface area (TPSA) is 64.3 Å². The highest BCUT2D eigenvalue weighted by molar-refractivity contribution is 5.42. The second-order valence-corrected chi connectivity index (χ2v) is 4.79. The summed E-state index contributed by atoms with van der Waals surface area (Å²) in [7, 11) is 3.69. The molecule has 0 fully saturated rings. The van der Waals surface area contributed by atoms with E-state index < -0.39 is 0 Å². The molecule has 1 heterocycles. The highest BCUT2D eigenvalue weighted by Gasteiger charge is 2.14. The van der Waals surface area contributed by atoms with E-state index in [1.807, 2.05) is 31.3 Å². The summed E-state index contributed by atoms with van der Waals surface area (Å²) in [6.45, 7) is 2.14. The van der Waals surface area contributed by atoms with Gasteiger partial charge in [-0.25, -0.2) is 0 Å². The van der Waals surface area contributed by atoms with Gasteiger partial charge in [-0.05, 0) is 37.1 Å². The van der Waals surface area contributed by atoms with Crippen molar-refractivity contribution >= 4 is 11.6 Å². The number of nitrogen functional groups attached to an aromatic ring is 1. The predicted octanol–water partition coefficient (Wildman–Crippen LogP) is 2.13. The van der Waals surface area contributed by atoms with Gasteiger partial charge in [-0.2, -0.15) is 0 Å². The van der Waals surface area contributed by atoms with Gasteiger partial charge in [0, 0.05) is 13.1 Å². The number of hydrogen-bond acceptors (Lipinski definition) is 5. The molecule has 1 atom stereocenters. The van der Waals surface area contributed by atoms with Gasteiger partial charge in [0.15, 0.2) is 5.82 Å². The zero-order valence-electron chi connectivity index (χ0n) is 12.1. The smallest absolute Gasteiger partial charge is 0.151 e. The molecule has 0 bridgehead atoms. The molecule has 20 heavy (non-hydrogen) atoms. The average molecular weight is 272 g/mol. The molecule has 0 saturated heterocycles. The first-order chi connectivity index (χ1) is 9.61. The first-order valence-electron chi connectivity index (χ1n) is 6.55. The second-order valence-electron chi connectivity index (χ2n) is 4.79. The summed E-state index contributed by atoms with van der Waals surface area (Å²) in [4.78, 5) is 2.08. The largest absolute Gasteiger partial charge is 0.496 e. The fourth-order valence-electron chi connectivity index (χ4n) is 2.08. The molecule has 0 aliphatic carbocycles. The van der Waals surface area contributed by atoms with Gasteiger partial charge in [0.1, 0.15) is 11.6 Å². The van der Waals surface area contributed by atoms with E-state index in [1.165, 1.54) is 5.56 Å². The third-order valence-electron chi connectivity index (χ3n) is 3.40. The first-order valence-corrected chi connectivity index (χ1v) is 6.55. The zero-order valence-corrected chi connectivity index (χ0v) is 12.1. The van der Waals surface area contributed by atoms with Gasteiger partial charge < -0.3 is 15.4 Å². The van der Waals surface area contributed by atoms with Crippen LogP contribution in [0.5, 0.6) is 5.75 Å². The highest BCUT2D eigenvalue weighted by atomic mass is 16.5. The van der Waals surface area contributed by atoms with E-state index in [-0.39, 0.29) is 6.04 Å². The number of likely N-dealkylation sites (N-methyl/N-ethyl adjacent to an activating group) is 1. The van der Waals surface area contributed by atoms with Crippen molar-refractivity contribution in [3.8, 4) is 5.75 Å². The van der Waals surface area contributed by atoms with Crippen molar-refractivity contribution in [1.82, 2.24) is 10.2 Å². The molecule has 106 valence electrons. The van der Waals surface area contributed by atoms with Crippen LogP contribution in [0.25, 0.3) is 0 Å². The predicted molar refractivity (Wildman–Crippen MR) is 81.0 cm³/mol. The molecule has 0 saturated carbocycles. The van der Waals surface area contributed by atoms with E-state index in [0.29, 0.717) is 5.82 Å². The minimum absolute atomic E-state index is 0.268. The molecule has 2 aromatic rings. The number of methoxy groups -OCH3 is 1. The first kappa shape index (κ1) is 14.1. The summed E-state index contributed by atoms with van der Waals surface area (Å²) in [5.74, 6) is 2.15. The minimum atomic E-state index is 0.268. The molecule has 0 radical (unpaired) electrons. The lowest BCUT2D eigenvalue weighted by molar-refractivity contribution is 0.408. The molecule has 1 unspecified atom stereocenters. The maximum atomic E-state index is 5.56. The molecule has 0 aliphatic heterocycles. The van der Waals surface area contributed by atoms with Crippen molar-refractivity contribution in [2.45, 2.75) is 19.4 Å². The van der Waals surface area contributed by atoms with Crippen LogP contribution in [0, 0.1) is 0 Å². The second kappa shape index (κ2) is 6.23. The number of nitrogens with zero attached hydrogens (tertiary/aromatic N) is 3. The van der Waals surface area contributed by atoms with Crippen molar-refractivity contribution in [3.63, 3.8) is 0 Å². The number of benzene rings is 1. The Morgan fingerprint density at radius 2 is 1.95 bits per heavy atom. The van der Waals surface area contributed by atoms with Crippen LogP contribution < -0.4 is 15.4 Å². The van der Waals surface area contributed by atoms with Crippen LogP contribution in [0.15, 0.2) is 36.4 Å². The molecule has 1 aromatic carbocycles. The quantitative estimate of drug-likeness (QED) is 0.903. The van der Waals surface area contributed by atoms with Crippen molar-refractivity contribution in [3.05, 3.63) is 42.0 Å². The lowest BCUT2D eigenvalue weighted by atomic mass is 10.1. The van der Waals surface area contributed by atoms with Crippen LogP contribution in [0.1, 0.15) is 12.5 Å². The average Bonchev–Trinajstić information content (AvgIpc) is 2.48. The van der Waals surface area contributed by atoms with Crippen LogP contribution in [0.2, 0.25) is 0 Å². The summed E-state index contributed by atoms with van der Waals surface area (Å²) in [5.41, 5.74) is 6.73. The zero-order chi connectivity index (χ0) is 14.5. The van der Waals surface area contributed by atoms with Crippen LogP contribution in [0.3, 0.4) is 0 Å². The number of para-hydroxylation sites is 1. The van der Waals surface area contributed by atoms with Gasteiger partial charge in [-0.15, -0.1) is 10.2 Å². The Morgan fingerprint density at radius 3 is 2.60 bits per heavy atom. The van der Waals surface area contributed by atoms with Gasteiger partial charge >= 0.3 is 0 Å². The highest BCUT2D eigenvalue weighted by Crippen LogP contribution is 2.21. The Balaban J connectivity index is 2.11. The molecule has 2 rings (SSSR count). The van der Waals surface area contributed by atoms with Gasteiger partial charge in [0.2, 0.25) is 0 Å². The number of hydrogen-bond donors (Lipinski definition) is 1. The Hall–Kier alpha value is -2.30. The van der Waals surface area contributed by atoms with Crippen molar-refractivity contribution in [2.24, 2.45) is 0 Å². The van der Waals surface area contributed by atoms with Crippen LogP contribution in [-0.2, 0) is 6.42 Å². The fourth-order valence-corrected chi connectivity index (χ4v) is 2.08. The minimum Gasteiger partial charge on any atom is -0.496 e. The molecular formula is C15H20N4O. The fraction of sp³-hybridized carbons (Fsp3) is 0.333. The Kier molecular flexibility index (Phi) is 4.40. The molecule has 5 heteroatoms. The lowest BCUT2D eigenvalue weighted by Crippen LogP contribution is -2.31. The summed E-state index contributed by atoms with van der Waals surface area (Å²) in [6, 6.07) is 12.0. The van der Waals surface area contributed by atoms with E-state index in [1.54, 1.807) is 13.2 Å². The number of rotatable bonds is 5. The van der Waals surface area contributed by atoms with Gasteiger partial charge in [0.25, 0.3) is 0 Å². The molecule has 0 spiro atoms. The molecule has 2 N–H and O–H groups in total. The van der Waals surface area contributed by atoms with E-state index in [2.05, 4.69) is 28.1 Å². The Bertz CT molecular complexity index is 556.